The molecular weight excluding hydrogens is 362 g/mol. The largest absolute Gasteiger partial charge is 0.367 e. The van der Waals surface area contributed by atoms with Crippen molar-refractivity contribution in [3.05, 3.63) is 23.2 Å². The maximum absolute atomic E-state index is 12.3. The fourth-order valence-corrected chi connectivity index (χ4v) is 4.49. The van der Waals surface area contributed by atoms with Crippen LogP contribution in [0.3, 0.4) is 0 Å². The van der Waals surface area contributed by atoms with Crippen LogP contribution in [0.5, 0.6) is 0 Å². The molecule has 8 heteroatoms. The van der Waals surface area contributed by atoms with Crippen molar-refractivity contribution in [1.82, 2.24) is 9.21 Å². The lowest BCUT2D eigenvalue weighted by Crippen LogP contribution is -2.51. The normalized spacial score (nSPS) is 19.2. The molecule has 1 aromatic carbocycles. The van der Waals surface area contributed by atoms with Crippen molar-refractivity contribution >= 4 is 33.2 Å². The SMILES string of the molecule is CN(C)S(=O)(=O)c1ccc(N2CCN(C(=O)C3CCC3)CC2)c(Cl)c1. The molecule has 1 saturated heterocycles. The van der Waals surface area contributed by atoms with Crippen LogP contribution in [-0.2, 0) is 14.8 Å². The minimum absolute atomic E-state index is 0.185. The van der Waals surface area contributed by atoms with Gasteiger partial charge in [-0.3, -0.25) is 4.79 Å². The molecule has 2 aliphatic rings. The second-order valence-electron chi connectivity index (χ2n) is 6.84. The Bertz CT molecular complexity index is 754. The molecule has 1 saturated carbocycles. The summed E-state index contributed by atoms with van der Waals surface area (Å²) in [4.78, 5) is 16.6. The number of nitrogens with zero attached hydrogens (tertiary/aromatic N) is 3. The van der Waals surface area contributed by atoms with E-state index in [1.165, 1.54) is 24.5 Å². The number of halogens is 1. The van der Waals surface area contributed by atoms with E-state index in [1.807, 2.05) is 4.90 Å². The summed E-state index contributed by atoms with van der Waals surface area (Å²) in [5.74, 6) is 0.509. The number of hydrogen-bond donors (Lipinski definition) is 0. The molecule has 0 bridgehead atoms. The first-order valence-electron chi connectivity index (χ1n) is 8.56. The van der Waals surface area contributed by atoms with E-state index >= 15 is 0 Å². The van der Waals surface area contributed by atoms with Crippen LogP contribution in [0, 0.1) is 5.92 Å². The Morgan fingerprint density at radius 2 is 1.80 bits per heavy atom. The molecule has 0 aromatic heterocycles. The van der Waals surface area contributed by atoms with Crippen LogP contribution in [-0.4, -0.2) is 63.8 Å². The van der Waals surface area contributed by atoms with E-state index in [4.69, 9.17) is 11.6 Å². The lowest BCUT2D eigenvalue weighted by molar-refractivity contribution is -0.138. The summed E-state index contributed by atoms with van der Waals surface area (Å²) in [6, 6.07) is 4.84. The first kappa shape index (κ1) is 18.5. The van der Waals surface area contributed by atoms with Crippen molar-refractivity contribution < 1.29 is 13.2 Å². The maximum Gasteiger partial charge on any atom is 0.242 e. The van der Waals surface area contributed by atoms with Crippen LogP contribution in [0.2, 0.25) is 5.02 Å². The van der Waals surface area contributed by atoms with E-state index in [2.05, 4.69) is 4.90 Å². The van der Waals surface area contributed by atoms with Crippen molar-refractivity contribution in [3.8, 4) is 0 Å². The van der Waals surface area contributed by atoms with Crippen LogP contribution in [0.15, 0.2) is 23.1 Å². The monoisotopic (exact) mass is 385 g/mol. The predicted octanol–water partition coefficient (Wildman–Crippen LogP) is 2.04. The van der Waals surface area contributed by atoms with Gasteiger partial charge in [0.2, 0.25) is 15.9 Å². The molecule has 0 unspecified atom stereocenters. The Balaban J connectivity index is 1.68. The quantitative estimate of drug-likeness (QED) is 0.795. The number of sulfonamides is 1. The summed E-state index contributed by atoms with van der Waals surface area (Å²) < 4.78 is 25.6. The van der Waals surface area contributed by atoms with Gasteiger partial charge in [-0.15, -0.1) is 0 Å². The minimum Gasteiger partial charge on any atom is -0.367 e. The van der Waals surface area contributed by atoms with Crippen molar-refractivity contribution in [2.75, 3.05) is 45.2 Å². The third kappa shape index (κ3) is 3.64. The van der Waals surface area contributed by atoms with E-state index in [-0.39, 0.29) is 16.7 Å². The number of amides is 1. The average Bonchev–Trinajstić information content (AvgIpc) is 2.53. The number of piperazine rings is 1. The van der Waals surface area contributed by atoms with Crippen LogP contribution in [0.1, 0.15) is 19.3 Å². The number of anilines is 1. The van der Waals surface area contributed by atoms with Gasteiger partial charge in [-0.25, -0.2) is 12.7 Å². The number of benzene rings is 1. The van der Waals surface area contributed by atoms with E-state index < -0.39 is 10.0 Å². The minimum atomic E-state index is -3.50. The number of carbonyl (C=O) groups excluding carboxylic acids is 1. The third-order valence-electron chi connectivity index (χ3n) is 5.08. The van der Waals surface area contributed by atoms with Crippen LogP contribution >= 0.6 is 11.6 Å². The zero-order valence-corrected chi connectivity index (χ0v) is 16.2. The molecule has 3 rings (SSSR count). The van der Waals surface area contributed by atoms with Crippen LogP contribution in [0.4, 0.5) is 5.69 Å². The van der Waals surface area contributed by atoms with Crippen molar-refractivity contribution in [1.29, 1.82) is 0 Å². The molecule has 1 heterocycles. The highest BCUT2D eigenvalue weighted by Gasteiger charge is 2.31. The summed E-state index contributed by atoms with van der Waals surface area (Å²) >= 11 is 6.35. The van der Waals surface area contributed by atoms with Gasteiger partial charge in [0.15, 0.2) is 0 Å². The molecule has 25 heavy (non-hydrogen) atoms. The fourth-order valence-electron chi connectivity index (χ4n) is 3.20. The number of hydrogen-bond acceptors (Lipinski definition) is 4. The first-order chi connectivity index (χ1) is 11.8. The topological polar surface area (TPSA) is 60.9 Å². The van der Waals surface area contributed by atoms with Gasteiger partial charge in [-0.1, -0.05) is 18.0 Å². The molecule has 6 nitrogen and oxygen atoms in total. The zero-order chi connectivity index (χ0) is 18.2. The highest BCUT2D eigenvalue weighted by Crippen LogP contribution is 2.31. The summed E-state index contributed by atoms with van der Waals surface area (Å²) in [7, 11) is -0.504. The number of rotatable bonds is 4. The third-order valence-corrected chi connectivity index (χ3v) is 7.20. The van der Waals surface area contributed by atoms with Gasteiger partial charge in [-0.05, 0) is 31.0 Å². The van der Waals surface area contributed by atoms with E-state index in [1.54, 1.807) is 12.1 Å². The smallest absolute Gasteiger partial charge is 0.242 e. The Hall–Kier alpha value is -1.31. The molecule has 1 aliphatic heterocycles. The maximum atomic E-state index is 12.3. The van der Waals surface area contributed by atoms with Crippen molar-refractivity contribution in [2.45, 2.75) is 24.2 Å². The Kier molecular flexibility index (Phi) is 5.27. The van der Waals surface area contributed by atoms with E-state index in [0.29, 0.717) is 31.2 Å². The summed E-state index contributed by atoms with van der Waals surface area (Å²) in [6.45, 7) is 2.78. The standard InChI is InChI=1S/C17H24ClN3O3S/c1-19(2)25(23,24)14-6-7-16(15(18)12-14)20-8-10-21(11-9-20)17(22)13-4-3-5-13/h6-7,12-13H,3-5,8-11H2,1-2H3. The summed E-state index contributed by atoms with van der Waals surface area (Å²) in [6.07, 6.45) is 3.20. The van der Waals surface area contributed by atoms with Gasteiger partial charge < -0.3 is 9.80 Å². The van der Waals surface area contributed by atoms with Crippen LogP contribution < -0.4 is 4.90 Å². The molecule has 1 aromatic rings. The second-order valence-corrected chi connectivity index (χ2v) is 9.40. The van der Waals surface area contributed by atoms with Gasteiger partial charge in [0.05, 0.1) is 15.6 Å². The average molecular weight is 386 g/mol. The lowest BCUT2D eigenvalue weighted by atomic mass is 9.84. The molecule has 0 atom stereocenters. The predicted molar refractivity (Wildman–Crippen MR) is 98.5 cm³/mol. The first-order valence-corrected chi connectivity index (χ1v) is 10.4. The zero-order valence-electron chi connectivity index (χ0n) is 14.6. The van der Waals surface area contributed by atoms with Gasteiger partial charge in [0, 0.05) is 46.2 Å². The van der Waals surface area contributed by atoms with E-state index in [9.17, 15) is 13.2 Å². The Morgan fingerprint density at radius 3 is 2.28 bits per heavy atom. The molecule has 0 N–H and O–H groups in total. The molecule has 1 amide bonds. The highest BCUT2D eigenvalue weighted by molar-refractivity contribution is 7.89. The number of carbonyl (C=O) groups is 1. The van der Waals surface area contributed by atoms with Crippen molar-refractivity contribution in [3.63, 3.8) is 0 Å². The molecule has 1 aliphatic carbocycles. The van der Waals surface area contributed by atoms with E-state index in [0.717, 1.165) is 24.9 Å². The Labute approximate surface area is 154 Å². The van der Waals surface area contributed by atoms with Gasteiger partial charge in [0.1, 0.15) is 0 Å². The molecular formula is C17H24ClN3O3S. The lowest BCUT2D eigenvalue weighted by Gasteiger charge is -2.39. The van der Waals surface area contributed by atoms with Gasteiger partial charge >= 0.3 is 0 Å². The summed E-state index contributed by atoms with van der Waals surface area (Å²) in [5.41, 5.74) is 0.815. The fraction of sp³-hybridized carbons (Fsp3) is 0.588. The highest BCUT2D eigenvalue weighted by atomic mass is 35.5. The Morgan fingerprint density at radius 1 is 1.16 bits per heavy atom. The van der Waals surface area contributed by atoms with Crippen LogP contribution in [0.25, 0.3) is 0 Å². The molecule has 2 fully saturated rings. The second kappa shape index (κ2) is 7.13. The van der Waals surface area contributed by atoms with Gasteiger partial charge in [-0.2, -0.15) is 0 Å². The summed E-state index contributed by atoms with van der Waals surface area (Å²) in [5, 5.41) is 0.418. The van der Waals surface area contributed by atoms with Gasteiger partial charge in [0.25, 0.3) is 0 Å². The molecule has 0 spiro atoms. The molecule has 138 valence electrons. The van der Waals surface area contributed by atoms with Crippen molar-refractivity contribution in [2.24, 2.45) is 5.92 Å². The molecule has 0 radical (unpaired) electrons.